The summed E-state index contributed by atoms with van der Waals surface area (Å²) in [6, 6.07) is 0.881. The maximum absolute atomic E-state index is 11.3. The zero-order valence-electron chi connectivity index (χ0n) is 7.57. The van der Waals surface area contributed by atoms with Gasteiger partial charge in [0.05, 0.1) is 12.2 Å². The second-order valence-corrected chi connectivity index (χ2v) is 3.29. The summed E-state index contributed by atoms with van der Waals surface area (Å²) >= 11 is 1.22. The Hall–Kier alpha value is -1.56. The molecule has 0 spiro atoms. The van der Waals surface area contributed by atoms with Gasteiger partial charge in [-0.1, -0.05) is 0 Å². The zero-order chi connectivity index (χ0) is 10.6. The van der Waals surface area contributed by atoms with Crippen molar-refractivity contribution in [3.05, 3.63) is 17.0 Å². The average molecular weight is 214 g/mol. The van der Waals surface area contributed by atoms with E-state index in [0.717, 1.165) is 0 Å². The number of hydrogen-bond acceptors (Lipinski definition) is 4. The van der Waals surface area contributed by atoms with Gasteiger partial charge in [0.15, 0.2) is 0 Å². The summed E-state index contributed by atoms with van der Waals surface area (Å²) in [5.41, 5.74) is 5.26. The second kappa shape index (κ2) is 4.61. The van der Waals surface area contributed by atoms with E-state index in [2.05, 4.69) is 5.32 Å². The molecule has 2 amide bonds. The number of carbonyl (C=O) groups excluding carboxylic acids is 2. The first kappa shape index (κ1) is 10.5. The number of amides is 2. The number of nitrogens with two attached hydrogens (primary N) is 1. The first-order chi connectivity index (χ1) is 6.65. The number of urea groups is 1. The van der Waals surface area contributed by atoms with Crippen molar-refractivity contribution in [2.24, 2.45) is 5.73 Å². The van der Waals surface area contributed by atoms with Gasteiger partial charge < -0.3 is 10.5 Å². The highest BCUT2D eigenvalue weighted by Gasteiger charge is 2.14. The van der Waals surface area contributed by atoms with Crippen LogP contribution in [0.15, 0.2) is 11.4 Å². The molecule has 1 rings (SSSR count). The third-order valence-corrected chi connectivity index (χ3v) is 2.23. The van der Waals surface area contributed by atoms with Crippen molar-refractivity contribution in [2.75, 3.05) is 11.9 Å². The fourth-order valence-electron chi connectivity index (χ4n) is 0.888. The fourth-order valence-corrected chi connectivity index (χ4v) is 1.67. The first-order valence-electron chi connectivity index (χ1n) is 3.96. The van der Waals surface area contributed by atoms with Crippen molar-refractivity contribution in [1.29, 1.82) is 0 Å². The van der Waals surface area contributed by atoms with Crippen molar-refractivity contribution < 1.29 is 14.3 Å². The predicted octanol–water partition coefficient (Wildman–Crippen LogP) is 1.42. The van der Waals surface area contributed by atoms with Crippen LogP contribution in [0.25, 0.3) is 0 Å². The molecule has 0 aliphatic heterocycles. The molecule has 0 aliphatic rings. The van der Waals surface area contributed by atoms with Gasteiger partial charge in [-0.25, -0.2) is 9.59 Å². The largest absolute Gasteiger partial charge is 0.462 e. The molecule has 0 aliphatic carbocycles. The Morgan fingerprint density at radius 2 is 2.36 bits per heavy atom. The molecule has 5 nitrogen and oxygen atoms in total. The van der Waals surface area contributed by atoms with Crippen molar-refractivity contribution in [3.8, 4) is 0 Å². The van der Waals surface area contributed by atoms with Gasteiger partial charge in [0, 0.05) is 0 Å². The van der Waals surface area contributed by atoms with Crippen molar-refractivity contribution in [2.45, 2.75) is 6.92 Å². The van der Waals surface area contributed by atoms with Crippen LogP contribution in [0.4, 0.5) is 9.80 Å². The van der Waals surface area contributed by atoms with Crippen LogP contribution in [-0.4, -0.2) is 18.6 Å². The van der Waals surface area contributed by atoms with Crippen LogP contribution in [0.1, 0.15) is 17.3 Å². The second-order valence-electron chi connectivity index (χ2n) is 2.37. The number of ether oxygens (including phenoxy) is 1. The Morgan fingerprint density at radius 3 is 2.93 bits per heavy atom. The van der Waals surface area contributed by atoms with Crippen LogP contribution in [0.5, 0.6) is 0 Å². The number of nitrogens with one attached hydrogen (secondary N) is 1. The molecule has 0 unspecified atom stereocenters. The maximum Gasteiger partial charge on any atom is 0.341 e. The van der Waals surface area contributed by atoms with Crippen LogP contribution in [-0.2, 0) is 4.74 Å². The number of anilines is 1. The summed E-state index contributed by atoms with van der Waals surface area (Å²) in [7, 11) is 0. The van der Waals surface area contributed by atoms with Gasteiger partial charge in [0.25, 0.3) is 0 Å². The van der Waals surface area contributed by atoms with Gasteiger partial charge >= 0.3 is 12.0 Å². The first-order valence-corrected chi connectivity index (χ1v) is 4.84. The van der Waals surface area contributed by atoms with Crippen molar-refractivity contribution >= 4 is 28.3 Å². The highest BCUT2D eigenvalue weighted by atomic mass is 32.1. The summed E-state index contributed by atoms with van der Waals surface area (Å²) in [6.07, 6.45) is 0. The molecule has 0 fully saturated rings. The van der Waals surface area contributed by atoms with E-state index in [4.69, 9.17) is 10.5 Å². The lowest BCUT2D eigenvalue weighted by atomic mass is 10.3. The monoisotopic (exact) mass is 214 g/mol. The number of rotatable bonds is 3. The molecular formula is C8H10N2O3S. The van der Waals surface area contributed by atoms with Gasteiger partial charge in [-0.2, -0.15) is 0 Å². The van der Waals surface area contributed by atoms with Crippen LogP contribution in [0, 0.1) is 0 Å². The molecular weight excluding hydrogens is 204 g/mol. The highest BCUT2D eigenvalue weighted by molar-refractivity contribution is 7.14. The predicted molar refractivity (Wildman–Crippen MR) is 53.5 cm³/mol. The molecule has 0 bridgehead atoms. The molecule has 0 aromatic carbocycles. The Kier molecular flexibility index (Phi) is 3.47. The lowest BCUT2D eigenvalue weighted by Crippen LogP contribution is -2.20. The third-order valence-electron chi connectivity index (χ3n) is 1.40. The van der Waals surface area contributed by atoms with E-state index in [1.165, 1.54) is 11.3 Å². The number of esters is 1. The van der Waals surface area contributed by atoms with Crippen molar-refractivity contribution in [3.63, 3.8) is 0 Å². The van der Waals surface area contributed by atoms with Gasteiger partial charge in [0.2, 0.25) is 0 Å². The van der Waals surface area contributed by atoms with Gasteiger partial charge in [-0.05, 0) is 18.4 Å². The summed E-state index contributed by atoms with van der Waals surface area (Å²) in [4.78, 5) is 21.9. The van der Waals surface area contributed by atoms with Crippen LogP contribution < -0.4 is 11.1 Å². The van der Waals surface area contributed by atoms with E-state index in [1.54, 1.807) is 18.4 Å². The SMILES string of the molecule is CCOC(=O)c1ccsc1NC(N)=O. The normalized spacial score (nSPS) is 9.50. The molecule has 1 aromatic rings. The molecule has 14 heavy (non-hydrogen) atoms. The third kappa shape index (κ3) is 2.46. The van der Waals surface area contributed by atoms with Crippen molar-refractivity contribution in [1.82, 2.24) is 0 Å². The lowest BCUT2D eigenvalue weighted by molar-refractivity contribution is 0.0528. The Bertz CT molecular complexity index is 348. The molecule has 0 atom stereocenters. The molecule has 1 heterocycles. The Labute approximate surface area is 84.9 Å². The quantitative estimate of drug-likeness (QED) is 0.746. The van der Waals surface area contributed by atoms with E-state index in [0.29, 0.717) is 17.2 Å². The standard InChI is InChI=1S/C8H10N2O3S/c1-2-13-7(11)5-3-4-14-6(5)10-8(9)12/h3-4H,2H2,1H3,(H3,9,10,12). The van der Waals surface area contributed by atoms with Gasteiger partial charge in [-0.3, -0.25) is 5.32 Å². The molecule has 6 heteroatoms. The number of thiophene rings is 1. The minimum absolute atomic E-state index is 0.296. The maximum atomic E-state index is 11.3. The minimum atomic E-state index is -0.696. The van der Waals surface area contributed by atoms with Gasteiger partial charge in [-0.15, -0.1) is 11.3 Å². The van der Waals surface area contributed by atoms with Crippen LogP contribution in [0.3, 0.4) is 0 Å². The molecule has 0 saturated carbocycles. The van der Waals surface area contributed by atoms with E-state index in [9.17, 15) is 9.59 Å². The van der Waals surface area contributed by atoms with Crippen LogP contribution in [0.2, 0.25) is 0 Å². The number of hydrogen-bond donors (Lipinski definition) is 2. The average Bonchev–Trinajstić information content (AvgIpc) is 2.51. The Balaban J connectivity index is 2.81. The minimum Gasteiger partial charge on any atom is -0.462 e. The Morgan fingerprint density at radius 1 is 1.64 bits per heavy atom. The topological polar surface area (TPSA) is 81.4 Å². The fraction of sp³-hybridized carbons (Fsp3) is 0.250. The van der Waals surface area contributed by atoms with E-state index in [-0.39, 0.29) is 0 Å². The highest BCUT2D eigenvalue weighted by Crippen LogP contribution is 2.23. The molecule has 0 saturated heterocycles. The summed E-state index contributed by atoms with van der Waals surface area (Å²) < 4.78 is 4.78. The smallest absolute Gasteiger partial charge is 0.341 e. The summed E-state index contributed by atoms with van der Waals surface area (Å²) in [5, 5.41) is 4.44. The van der Waals surface area contributed by atoms with Gasteiger partial charge in [0.1, 0.15) is 5.00 Å². The van der Waals surface area contributed by atoms with E-state index in [1.807, 2.05) is 0 Å². The number of primary amides is 1. The summed E-state index contributed by atoms with van der Waals surface area (Å²) in [5.74, 6) is -0.461. The lowest BCUT2D eigenvalue weighted by Gasteiger charge is -2.02. The summed E-state index contributed by atoms with van der Waals surface area (Å²) in [6.45, 7) is 2.01. The molecule has 3 N–H and O–H groups in total. The van der Waals surface area contributed by atoms with Crippen LogP contribution >= 0.6 is 11.3 Å². The zero-order valence-corrected chi connectivity index (χ0v) is 8.39. The molecule has 1 aromatic heterocycles. The molecule has 0 radical (unpaired) electrons. The van der Waals surface area contributed by atoms with E-state index >= 15 is 0 Å². The molecule has 76 valence electrons. The van der Waals surface area contributed by atoms with E-state index < -0.39 is 12.0 Å². The number of carbonyl (C=O) groups is 2.